The highest BCUT2D eigenvalue weighted by Crippen LogP contribution is 2.55. The lowest BCUT2D eigenvalue weighted by molar-refractivity contribution is 0.00267. The van der Waals surface area contributed by atoms with Crippen LogP contribution in [0.5, 0.6) is 0 Å². The average Bonchev–Trinajstić information content (AvgIpc) is 1.93. The molecule has 2 N–H and O–H groups in total. The lowest BCUT2D eigenvalue weighted by Crippen LogP contribution is -2.47. The fourth-order valence-electron chi connectivity index (χ4n) is 1.99. The zero-order valence-corrected chi connectivity index (χ0v) is 14.0. The smallest absolute Gasteiger partial charge is 0.303 e. The second-order valence-electron chi connectivity index (χ2n) is 5.27. The van der Waals surface area contributed by atoms with Crippen molar-refractivity contribution in [2.75, 3.05) is 0 Å². The van der Waals surface area contributed by atoms with E-state index in [0.29, 0.717) is 0 Å². The van der Waals surface area contributed by atoms with Gasteiger partial charge in [0.1, 0.15) is 5.60 Å². The standard InChI is InChI=1S/C10H20Cl3O4P/c1-7(2)5-9(6-8(3)4,10(11,12)13)17-18(14,15)16/h7-8H,5-6H2,1-4H3,(H2,14,15,16). The van der Waals surface area contributed by atoms with Gasteiger partial charge in [0, 0.05) is 0 Å². The van der Waals surface area contributed by atoms with Crippen LogP contribution in [0.4, 0.5) is 0 Å². The SMILES string of the molecule is CC(C)CC(CC(C)C)(OP(=O)(O)O)C(Cl)(Cl)Cl. The monoisotopic (exact) mass is 340 g/mol. The first-order chi connectivity index (χ1) is 7.79. The fraction of sp³-hybridized carbons (Fsp3) is 1.00. The maximum Gasteiger partial charge on any atom is 0.470 e. The molecule has 18 heavy (non-hydrogen) atoms. The molecule has 0 aromatic carbocycles. The van der Waals surface area contributed by atoms with Crippen molar-refractivity contribution < 1.29 is 18.9 Å². The van der Waals surface area contributed by atoms with E-state index in [1.807, 2.05) is 27.7 Å². The van der Waals surface area contributed by atoms with Crippen LogP contribution in [-0.4, -0.2) is 19.2 Å². The molecule has 0 unspecified atom stereocenters. The minimum Gasteiger partial charge on any atom is -0.303 e. The van der Waals surface area contributed by atoms with Crippen molar-refractivity contribution in [3.8, 4) is 0 Å². The number of rotatable bonds is 6. The van der Waals surface area contributed by atoms with E-state index in [-0.39, 0.29) is 24.7 Å². The van der Waals surface area contributed by atoms with Gasteiger partial charge in [0.05, 0.1) is 0 Å². The van der Waals surface area contributed by atoms with Crippen LogP contribution in [0.1, 0.15) is 40.5 Å². The Balaban J connectivity index is 5.47. The molecule has 0 aliphatic rings. The Morgan fingerprint density at radius 1 is 1.06 bits per heavy atom. The molecule has 0 radical (unpaired) electrons. The van der Waals surface area contributed by atoms with Crippen LogP contribution in [-0.2, 0) is 9.09 Å². The van der Waals surface area contributed by atoms with Gasteiger partial charge in [-0.2, -0.15) is 0 Å². The summed E-state index contributed by atoms with van der Waals surface area (Å²) in [6.07, 6.45) is 0.486. The Bertz CT molecular complexity index is 299. The topological polar surface area (TPSA) is 66.8 Å². The second-order valence-corrected chi connectivity index (χ2v) is 8.71. The predicted octanol–water partition coefficient (Wildman–Crippen LogP) is 4.30. The molecule has 110 valence electrons. The van der Waals surface area contributed by atoms with E-state index in [0.717, 1.165) is 0 Å². The van der Waals surface area contributed by atoms with Crippen molar-refractivity contribution in [3.63, 3.8) is 0 Å². The first-order valence-corrected chi connectivity index (χ1v) is 8.28. The maximum atomic E-state index is 11.2. The minimum absolute atomic E-state index is 0.0610. The molecule has 8 heteroatoms. The maximum absolute atomic E-state index is 11.2. The molecule has 0 amide bonds. The van der Waals surface area contributed by atoms with E-state index < -0.39 is 17.2 Å². The third-order valence-corrected chi connectivity index (χ3v) is 3.91. The van der Waals surface area contributed by atoms with E-state index >= 15 is 0 Å². The minimum atomic E-state index is -4.75. The van der Waals surface area contributed by atoms with Crippen LogP contribution in [0.25, 0.3) is 0 Å². The third-order valence-electron chi connectivity index (χ3n) is 2.29. The van der Waals surface area contributed by atoms with Crippen LogP contribution in [0, 0.1) is 11.8 Å². The van der Waals surface area contributed by atoms with Crippen molar-refractivity contribution in [1.82, 2.24) is 0 Å². The van der Waals surface area contributed by atoms with Gasteiger partial charge >= 0.3 is 7.82 Å². The van der Waals surface area contributed by atoms with Gasteiger partial charge in [-0.15, -0.1) is 0 Å². The summed E-state index contributed by atoms with van der Waals surface area (Å²) in [5.74, 6) is 0.122. The molecule has 0 saturated carbocycles. The lowest BCUT2D eigenvalue weighted by Gasteiger charge is -2.41. The zero-order chi connectivity index (χ0) is 14.8. The van der Waals surface area contributed by atoms with Gasteiger partial charge in [-0.05, 0) is 24.7 Å². The normalized spacial score (nSPS) is 14.6. The number of phosphoric acid groups is 1. The summed E-state index contributed by atoms with van der Waals surface area (Å²) in [6, 6.07) is 0. The van der Waals surface area contributed by atoms with E-state index in [1.54, 1.807) is 0 Å². The first kappa shape index (κ1) is 19.0. The second kappa shape index (κ2) is 6.62. The van der Waals surface area contributed by atoms with Gasteiger partial charge in [-0.25, -0.2) is 4.57 Å². The average molecular weight is 342 g/mol. The lowest BCUT2D eigenvalue weighted by atomic mass is 9.86. The Hall–Kier alpha value is 0.980. The molecule has 0 atom stereocenters. The van der Waals surface area contributed by atoms with Gasteiger partial charge in [-0.3, -0.25) is 4.52 Å². The van der Waals surface area contributed by atoms with Gasteiger partial charge in [0.2, 0.25) is 3.79 Å². The Morgan fingerprint density at radius 3 is 1.56 bits per heavy atom. The van der Waals surface area contributed by atoms with E-state index in [2.05, 4.69) is 0 Å². The summed E-state index contributed by atoms with van der Waals surface area (Å²) in [6.45, 7) is 7.48. The quantitative estimate of drug-likeness (QED) is 0.558. The van der Waals surface area contributed by atoms with Crippen molar-refractivity contribution in [2.24, 2.45) is 11.8 Å². The zero-order valence-electron chi connectivity index (χ0n) is 10.9. The molecule has 0 aliphatic carbocycles. The van der Waals surface area contributed by atoms with Crippen molar-refractivity contribution in [3.05, 3.63) is 0 Å². The van der Waals surface area contributed by atoms with Gasteiger partial charge in [0.15, 0.2) is 0 Å². The summed E-state index contributed by atoms with van der Waals surface area (Å²) in [5.41, 5.74) is -1.50. The fourth-order valence-corrected chi connectivity index (χ4v) is 3.47. The number of phosphoric ester groups is 1. The Morgan fingerprint density at radius 2 is 1.39 bits per heavy atom. The highest BCUT2D eigenvalue weighted by Gasteiger charge is 2.53. The number of alkyl halides is 3. The van der Waals surface area contributed by atoms with Crippen LogP contribution in [0.3, 0.4) is 0 Å². The highest BCUT2D eigenvalue weighted by atomic mass is 35.6. The summed E-state index contributed by atoms with van der Waals surface area (Å²) in [5, 5.41) is 0. The summed E-state index contributed by atoms with van der Waals surface area (Å²) >= 11 is 17.7. The van der Waals surface area contributed by atoms with Crippen LogP contribution in [0.2, 0.25) is 0 Å². The highest BCUT2D eigenvalue weighted by molar-refractivity contribution is 7.46. The molecular weight excluding hydrogens is 321 g/mol. The third kappa shape index (κ3) is 6.42. The molecule has 0 bridgehead atoms. The van der Waals surface area contributed by atoms with E-state index in [9.17, 15) is 4.57 Å². The van der Waals surface area contributed by atoms with E-state index in [4.69, 9.17) is 49.1 Å². The largest absolute Gasteiger partial charge is 0.470 e. The molecule has 0 saturated heterocycles. The van der Waals surface area contributed by atoms with Gasteiger partial charge in [-0.1, -0.05) is 62.5 Å². The molecular formula is C10H20Cl3O4P. The van der Waals surface area contributed by atoms with Crippen molar-refractivity contribution in [1.29, 1.82) is 0 Å². The van der Waals surface area contributed by atoms with Gasteiger partial charge in [0.25, 0.3) is 0 Å². The first-order valence-electron chi connectivity index (χ1n) is 5.62. The predicted molar refractivity (Wildman–Crippen MR) is 75.1 cm³/mol. The number of hydrogen-bond acceptors (Lipinski definition) is 2. The van der Waals surface area contributed by atoms with Crippen LogP contribution in [0.15, 0.2) is 0 Å². The van der Waals surface area contributed by atoms with Crippen LogP contribution < -0.4 is 0 Å². The van der Waals surface area contributed by atoms with Crippen LogP contribution >= 0.6 is 42.6 Å². The van der Waals surface area contributed by atoms with Gasteiger partial charge < -0.3 is 9.79 Å². The summed E-state index contributed by atoms with van der Waals surface area (Å²) in [4.78, 5) is 18.1. The van der Waals surface area contributed by atoms with Crippen molar-refractivity contribution >= 4 is 42.6 Å². The Labute approximate surface area is 123 Å². The molecule has 0 spiro atoms. The molecule has 0 aliphatic heterocycles. The number of halogens is 3. The summed E-state index contributed by atoms with van der Waals surface area (Å²) < 4.78 is 14.1. The molecule has 4 nitrogen and oxygen atoms in total. The molecule has 0 aromatic heterocycles. The van der Waals surface area contributed by atoms with E-state index in [1.165, 1.54) is 0 Å². The summed E-state index contributed by atoms with van der Waals surface area (Å²) in [7, 11) is -4.75. The molecule has 0 aromatic rings. The molecule has 0 rings (SSSR count). The van der Waals surface area contributed by atoms with Crippen molar-refractivity contribution in [2.45, 2.75) is 49.9 Å². The Kier molecular flexibility index (Phi) is 6.98. The number of hydrogen-bond donors (Lipinski definition) is 2. The molecule has 0 fully saturated rings. The molecule has 0 heterocycles.